The molecular weight excluding hydrogens is 266 g/mol. The minimum Gasteiger partial charge on any atom is -0.385 e. The maximum absolute atomic E-state index is 12.0. The van der Waals surface area contributed by atoms with Crippen molar-refractivity contribution in [2.45, 2.75) is 32.6 Å². The zero-order chi connectivity index (χ0) is 15.5. The number of carbonyl (C=O) groups is 1. The predicted molar refractivity (Wildman–Crippen MR) is 86.4 cm³/mol. The summed E-state index contributed by atoms with van der Waals surface area (Å²) in [6.45, 7) is 7.86. The van der Waals surface area contributed by atoms with E-state index < -0.39 is 0 Å². The summed E-state index contributed by atoms with van der Waals surface area (Å²) in [4.78, 5) is 14.2. The van der Waals surface area contributed by atoms with Gasteiger partial charge in [0, 0.05) is 39.8 Å². The van der Waals surface area contributed by atoms with E-state index in [-0.39, 0.29) is 5.91 Å². The number of rotatable bonds is 10. The summed E-state index contributed by atoms with van der Waals surface area (Å²) in [5.41, 5.74) is 0. The quantitative estimate of drug-likeness (QED) is 0.593. The molecule has 1 aliphatic heterocycles. The van der Waals surface area contributed by atoms with Crippen LogP contribution in [0.25, 0.3) is 0 Å². The average Bonchev–Trinajstić information content (AvgIpc) is 2.48. The van der Waals surface area contributed by atoms with E-state index in [1.54, 1.807) is 7.11 Å². The Morgan fingerprint density at radius 3 is 2.76 bits per heavy atom. The molecule has 1 heterocycles. The van der Waals surface area contributed by atoms with Crippen LogP contribution in [0.1, 0.15) is 32.6 Å². The van der Waals surface area contributed by atoms with Crippen molar-refractivity contribution in [3.63, 3.8) is 0 Å². The Labute approximate surface area is 129 Å². The van der Waals surface area contributed by atoms with Crippen molar-refractivity contribution in [2.24, 2.45) is 11.8 Å². The summed E-state index contributed by atoms with van der Waals surface area (Å²) in [5.74, 6) is 1.39. The first kappa shape index (κ1) is 18.4. The molecule has 1 aliphatic rings. The van der Waals surface area contributed by atoms with Crippen LogP contribution in [0.2, 0.25) is 0 Å². The molecule has 1 unspecified atom stereocenters. The van der Waals surface area contributed by atoms with Crippen molar-refractivity contribution >= 4 is 5.91 Å². The fourth-order valence-electron chi connectivity index (χ4n) is 2.92. The lowest BCUT2D eigenvalue weighted by Crippen LogP contribution is -2.36. The zero-order valence-corrected chi connectivity index (χ0v) is 14.0. The summed E-state index contributed by atoms with van der Waals surface area (Å²) >= 11 is 0. The first-order valence-corrected chi connectivity index (χ1v) is 8.28. The lowest BCUT2D eigenvalue weighted by molar-refractivity contribution is -0.122. The Kier molecular flexibility index (Phi) is 9.63. The number of amides is 1. The van der Waals surface area contributed by atoms with Gasteiger partial charge in [-0.2, -0.15) is 0 Å². The van der Waals surface area contributed by atoms with Gasteiger partial charge in [-0.15, -0.1) is 0 Å². The van der Waals surface area contributed by atoms with Crippen LogP contribution in [0.4, 0.5) is 0 Å². The van der Waals surface area contributed by atoms with Crippen molar-refractivity contribution in [3.05, 3.63) is 0 Å². The molecule has 2 N–H and O–H groups in total. The van der Waals surface area contributed by atoms with E-state index in [1.165, 1.54) is 12.8 Å². The van der Waals surface area contributed by atoms with E-state index in [1.807, 2.05) is 0 Å². The molecule has 124 valence electrons. The van der Waals surface area contributed by atoms with Crippen LogP contribution < -0.4 is 10.6 Å². The van der Waals surface area contributed by atoms with Gasteiger partial charge in [0.25, 0.3) is 0 Å². The Bertz CT molecular complexity index is 281. The molecule has 0 aromatic heterocycles. The molecule has 0 aliphatic carbocycles. The molecule has 0 aromatic rings. The van der Waals surface area contributed by atoms with E-state index in [0.717, 1.165) is 45.8 Å². The van der Waals surface area contributed by atoms with Crippen LogP contribution in [-0.4, -0.2) is 64.3 Å². The van der Waals surface area contributed by atoms with E-state index in [9.17, 15) is 4.79 Å². The number of methoxy groups -OCH3 is 1. The molecule has 0 aromatic carbocycles. The number of hydrogen-bond donors (Lipinski definition) is 2. The number of ether oxygens (including phenoxy) is 1. The standard InChI is InChI=1S/C16H33N3O2/c1-14(15-5-7-17-8-6-15)13-16(20)18-9-11-19(2)10-4-12-21-3/h14-15,17H,4-13H2,1-3H3,(H,18,20). The molecule has 5 nitrogen and oxygen atoms in total. The molecule has 0 saturated carbocycles. The number of nitrogens with one attached hydrogen (secondary N) is 2. The third-order valence-electron chi connectivity index (χ3n) is 4.40. The molecule has 1 rings (SSSR count). The third kappa shape index (κ3) is 8.39. The molecule has 5 heteroatoms. The lowest BCUT2D eigenvalue weighted by atomic mass is 9.84. The summed E-state index contributed by atoms with van der Waals surface area (Å²) in [6, 6.07) is 0. The molecule has 1 fully saturated rings. The summed E-state index contributed by atoms with van der Waals surface area (Å²) in [6.07, 6.45) is 4.11. The average molecular weight is 299 g/mol. The fraction of sp³-hybridized carbons (Fsp3) is 0.938. The van der Waals surface area contributed by atoms with Gasteiger partial charge in [0.2, 0.25) is 5.91 Å². The highest BCUT2D eigenvalue weighted by Gasteiger charge is 2.21. The highest BCUT2D eigenvalue weighted by Crippen LogP contribution is 2.23. The normalized spacial score (nSPS) is 17.9. The number of nitrogens with zero attached hydrogens (tertiary/aromatic N) is 1. The second-order valence-electron chi connectivity index (χ2n) is 6.27. The number of likely N-dealkylation sites (N-methyl/N-ethyl adjacent to an activating group) is 1. The van der Waals surface area contributed by atoms with E-state index in [4.69, 9.17) is 4.74 Å². The van der Waals surface area contributed by atoms with E-state index in [2.05, 4.69) is 29.5 Å². The number of hydrogen-bond acceptors (Lipinski definition) is 4. The van der Waals surface area contributed by atoms with Gasteiger partial charge in [-0.1, -0.05) is 6.92 Å². The molecule has 21 heavy (non-hydrogen) atoms. The van der Waals surface area contributed by atoms with Gasteiger partial charge < -0.3 is 20.3 Å². The Morgan fingerprint density at radius 2 is 2.10 bits per heavy atom. The van der Waals surface area contributed by atoms with E-state index in [0.29, 0.717) is 18.3 Å². The second-order valence-corrected chi connectivity index (χ2v) is 6.27. The highest BCUT2D eigenvalue weighted by molar-refractivity contribution is 5.76. The molecule has 1 atom stereocenters. The highest BCUT2D eigenvalue weighted by atomic mass is 16.5. The topological polar surface area (TPSA) is 53.6 Å². The summed E-state index contributed by atoms with van der Waals surface area (Å²) in [5, 5.41) is 6.42. The Morgan fingerprint density at radius 1 is 1.38 bits per heavy atom. The Hall–Kier alpha value is -0.650. The maximum Gasteiger partial charge on any atom is 0.220 e. The van der Waals surface area contributed by atoms with Gasteiger partial charge in [-0.3, -0.25) is 4.79 Å². The number of carbonyl (C=O) groups excluding carboxylic acids is 1. The molecule has 0 bridgehead atoms. The van der Waals surface area contributed by atoms with Gasteiger partial charge in [0.1, 0.15) is 0 Å². The van der Waals surface area contributed by atoms with Gasteiger partial charge in [-0.25, -0.2) is 0 Å². The zero-order valence-electron chi connectivity index (χ0n) is 14.0. The first-order chi connectivity index (χ1) is 10.1. The first-order valence-electron chi connectivity index (χ1n) is 8.28. The SMILES string of the molecule is COCCCN(C)CCNC(=O)CC(C)C1CCNCC1. The second kappa shape index (κ2) is 11.0. The van der Waals surface area contributed by atoms with Crippen molar-refractivity contribution in [1.29, 1.82) is 0 Å². The fourth-order valence-corrected chi connectivity index (χ4v) is 2.92. The van der Waals surface area contributed by atoms with Gasteiger partial charge in [0.05, 0.1) is 0 Å². The largest absolute Gasteiger partial charge is 0.385 e. The molecule has 0 spiro atoms. The van der Waals surface area contributed by atoms with Gasteiger partial charge in [0.15, 0.2) is 0 Å². The minimum atomic E-state index is 0.200. The summed E-state index contributed by atoms with van der Waals surface area (Å²) in [7, 11) is 3.81. The molecule has 1 amide bonds. The molecule has 1 saturated heterocycles. The van der Waals surface area contributed by atoms with Crippen LogP contribution >= 0.6 is 0 Å². The van der Waals surface area contributed by atoms with Gasteiger partial charge in [-0.05, 0) is 51.2 Å². The van der Waals surface area contributed by atoms with Gasteiger partial charge >= 0.3 is 0 Å². The third-order valence-corrected chi connectivity index (χ3v) is 4.40. The smallest absolute Gasteiger partial charge is 0.220 e. The number of piperidine rings is 1. The lowest BCUT2D eigenvalue weighted by Gasteiger charge is -2.28. The van der Waals surface area contributed by atoms with Crippen LogP contribution in [0.15, 0.2) is 0 Å². The van der Waals surface area contributed by atoms with Crippen LogP contribution in [0.3, 0.4) is 0 Å². The van der Waals surface area contributed by atoms with E-state index >= 15 is 0 Å². The van der Waals surface area contributed by atoms with Crippen LogP contribution in [-0.2, 0) is 9.53 Å². The van der Waals surface area contributed by atoms with Crippen molar-refractivity contribution in [3.8, 4) is 0 Å². The minimum absolute atomic E-state index is 0.200. The maximum atomic E-state index is 12.0. The van der Waals surface area contributed by atoms with Crippen LogP contribution in [0, 0.1) is 11.8 Å². The molecular formula is C16H33N3O2. The van der Waals surface area contributed by atoms with Crippen LogP contribution in [0.5, 0.6) is 0 Å². The monoisotopic (exact) mass is 299 g/mol. The van der Waals surface area contributed by atoms with Crippen molar-refractivity contribution in [1.82, 2.24) is 15.5 Å². The summed E-state index contributed by atoms with van der Waals surface area (Å²) < 4.78 is 5.04. The predicted octanol–water partition coefficient (Wildman–Crippen LogP) is 1.10. The van der Waals surface area contributed by atoms with Crippen molar-refractivity contribution < 1.29 is 9.53 Å². The van der Waals surface area contributed by atoms with Crippen molar-refractivity contribution in [2.75, 3.05) is 53.5 Å². The molecule has 0 radical (unpaired) electrons. The Balaban J connectivity index is 2.07.